The van der Waals surface area contributed by atoms with Gasteiger partial charge in [0.15, 0.2) is 17.6 Å². The molecule has 2 aromatic carbocycles. The van der Waals surface area contributed by atoms with Gasteiger partial charge in [-0.05, 0) is 67.0 Å². The molecule has 1 atom stereocenters. The number of fused-ring (bicyclic) bond motifs is 1. The summed E-state index contributed by atoms with van der Waals surface area (Å²) in [6.45, 7) is 1.88. The molecule has 160 valence electrons. The van der Waals surface area contributed by atoms with Crippen molar-refractivity contribution in [3.8, 4) is 11.5 Å². The number of amides is 1. The Morgan fingerprint density at radius 3 is 2.37 bits per heavy atom. The van der Waals surface area contributed by atoms with E-state index in [9.17, 15) is 9.59 Å². The molecule has 0 saturated heterocycles. The van der Waals surface area contributed by atoms with Gasteiger partial charge in [-0.1, -0.05) is 24.3 Å². The average Bonchev–Trinajstić information content (AvgIpc) is 2.76. The number of benzene rings is 2. The minimum atomic E-state index is -0.865. The Kier molecular flexibility index (Phi) is 7.33. The molecule has 3 rings (SSSR count). The van der Waals surface area contributed by atoms with Crippen LogP contribution in [0.4, 0.5) is 0 Å². The number of carbonyl (C=O) groups excluding carboxylic acids is 2. The Balaban J connectivity index is 1.49. The number of ether oxygens (including phenoxy) is 3. The first-order valence-corrected chi connectivity index (χ1v) is 10.3. The van der Waals surface area contributed by atoms with E-state index in [0.29, 0.717) is 18.0 Å². The highest BCUT2D eigenvalue weighted by Crippen LogP contribution is 2.27. The Morgan fingerprint density at radius 2 is 1.63 bits per heavy atom. The highest BCUT2D eigenvalue weighted by molar-refractivity contribution is 5.83. The molecule has 2 aromatic rings. The van der Waals surface area contributed by atoms with Crippen molar-refractivity contribution in [2.24, 2.45) is 0 Å². The minimum absolute atomic E-state index is 0.167. The first-order valence-electron chi connectivity index (χ1n) is 10.3. The summed E-state index contributed by atoms with van der Waals surface area (Å²) in [6.07, 6.45) is 3.89. The molecule has 1 N–H and O–H groups in total. The predicted octanol–water partition coefficient (Wildman–Crippen LogP) is 3.37. The molecule has 0 radical (unpaired) electrons. The summed E-state index contributed by atoms with van der Waals surface area (Å²) < 4.78 is 15.8. The van der Waals surface area contributed by atoms with Crippen molar-refractivity contribution in [3.05, 3.63) is 58.7 Å². The molecule has 0 saturated carbocycles. The maximum atomic E-state index is 12.3. The van der Waals surface area contributed by atoms with Gasteiger partial charge in [0, 0.05) is 6.54 Å². The number of rotatable bonds is 8. The molecule has 0 unspecified atom stereocenters. The van der Waals surface area contributed by atoms with Crippen LogP contribution in [0.2, 0.25) is 0 Å². The zero-order valence-corrected chi connectivity index (χ0v) is 17.8. The number of aryl methyl sites for hydroxylation is 2. The van der Waals surface area contributed by atoms with Crippen LogP contribution in [0.1, 0.15) is 42.0 Å². The van der Waals surface area contributed by atoms with E-state index >= 15 is 0 Å². The summed E-state index contributed by atoms with van der Waals surface area (Å²) in [6, 6.07) is 11.6. The Morgan fingerprint density at radius 1 is 0.933 bits per heavy atom. The SMILES string of the molecule is COc1ccc(CNC(=O)[C@H](C)OC(=O)Cc2ccc3c(c2)CCCC3)cc1OC. The van der Waals surface area contributed by atoms with Crippen LogP contribution in [0, 0.1) is 0 Å². The number of hydrogen-bond donors (Lipinski definition) is 1. The first-order chi connectivity index (χ1) is 14.5. The molecule has 6 nitrogen and oxygen atoms in total. The monoisotopic (exact) mass is 411 g/mol. The third-order valence-electron chi connectivity index (χ3n) is 5.35. The minimum Gasteiger partial charge on any atom is -0.493 e. The normalized spacial score (nSPS) is 13.7. The van der Waals surface area contributed by atoms with E-state index < -0.39 is 12.1 Å². The molecular weight excluding hydrogens is 382 g/mol. The number of esters is 1. The average molecular weight is 411 g/mol. The van der Waals surface area contributed by atoms with Gasteiger partial charge < -0.3 is 19.5 Å². The van der Waals surface area contributed by atoms with Crippen molar-refractivity contribution in [2.75, 3.05) is 14.2 Å². The summed E-state index contributed by atoms with van der Waals surface area (Å²) in [5, 5.41) is 2.79. The molecule has 6 heteroatoms. The standard InChI is InChI=1S/C24H29NO5/c1-16(24(27)25-15-18-9-11-21(28-2)22(13-18)29-3)30-23(26)14-17-8-10-19-6-4-5-7-20(19)12-17/h8-13,16H,4-7,14-15H2,1-3H3,(H,25,27)/t16-/m0/s1. The van der Waals surface area contributed by atoms with Crippen molar-refractivity contribution in [2.45, 2.75) is 51.7 Å². The van der Waals surface area contributed by atoms with Gasteiger partial charge in [-0.15, -0.1) is 0 Å². The van der Waals surface area contributed by atoms with Crippen LogP contribution in [0.3, 0.4) is 0 Å². The molecule has 0 aliphatic heterocycles. The topological polar surface area (TPSA) is 73.9 Å². The Bertz CT molecular complexity index is 908. The van der Waals surface area contributed by atoms with Crippen molar-refractivity contribution >= 4 is 11.9 Å². The summed E-state index contributed by atoms with van der Waals surface area (Å²) in [4.78, 5) is 24.6. The molecule has 1 aliphatic carbocycles. The molecule has 1 amide bonds. The smallest absolute Gasteiger partial charge is 0.311 e. The van der Waals surface area contributed by atoms with E-state index in [1.54, 1.807) is 33.3 Å². The number of carbonyl (C=O) groups is 2. The summed E-state index contributed by atoms with van der Waals surface area (Å²) >= 11 is 0. The lowest BCUT2D eigenvalue weighted by Gasteiger charge is -2.17. The predicted molar refractivity (Wildman–Crippen MR) is 114 cm³/mol. The van der Waals surface area contributed by atoms with Gasteiger partial charge in [-0.2, -0.15) is 0 Å². The van der Waals surface area contributed by atoms with Crippen LogP contribution < -0.4 is 14.8 Å². The zero-order chi connectivity index (χ0) is 21.5. The van der Waals surface area contributed by atoms with Crippen LogP contribution in [-0.2, 0) is 40.1 Å². The summed E-state index contributed by atoms with van der Waals surface area (Å²) in [5.41, 5.74) is 4.49. The van der Waals surface area contributed by atoms with E-state index in [1.165, 1.54) is 24.0 Å². The fourth-order valence-electron chi connectivity index (χ4n) is 3.68. The lowest BCUT2D eigenvalue weighted by molar-refractivity contribution is -0.154. The molecule has 0 spiro atoms. The third kappa shape index (κ3) is 5.53. The molecule has 30 heavy (non-hydrogen) atoms. The van der Waals surface area contributed by atoms with Gasteiger partial charge in [0.25, 0.3) is 5.91 Å². The highest BCUT2D eigenvalue weighted by Gasteiger charge is 2.19. The van der Waals surface area contributed by atoms with Crippen LogP contribution in [0.5, 0.6) is 11.5 Å². The molecular formula is C24H29NO5. The molecule has 0 fully saturated rings. The van der Waals surface area contributed by atoms with Crippen molar-refractivity contribution in [3.63, 3.8) is 0 Å². The highest BCUT2D eigenvalue weighted by atomic mass is 16.5. The number of nitrogens with one attached hydrogen (secondary N) is 1. The second kappa shape index (κ2) is 10.1. The van der Waals surface area contributed by atoms with Gasteiger partial charge in [0.2, 0.25) is 0 Å². The summed E-state index contributed by atoms with van der Waals surface area (Å²) in [5.74, 6) is 0.467. The van der Waals surface area contributed by atoms with Gasteiger partial charge >= 0.3 is 5.97 Å². The quantitative estimate of drug-likeness (QED) is 0.674. The maximum Gasteiger partial charge on any atom is 0.311 e. The molecule has 0 bridgehead atoms. The van der Waals surface area contributed by atoms with E-state index in [-0.39, 0.29) is 12.3 Å². The first kappa shape index (κ1) is 21.7. The van der Waals surface area contributed by atoms with Crippen LogP contribution >= 0.6 is 0 Å². The van der Waals surface area contributed by atoms with E-state index in [4.69, 9.17) is 14.2 Å². The van der Waals surface area contributed by atoms with Gasteiger partial charge in [0.1, 0.15) is 0 Å². The van der Waals surface area contributed by atoms with Gasteiger partial charge in [0.05, 0.1) is 20.6 Å². The van der Waals surface area contributed by atoms with E-state index in [2.05, 4.69) is 17.4 Å². The number of methoxy groups -OCH3 is 2. The van der Waals surface area contributed by atoms with E-state index in [0.717, 1.165) is 24.0 Å². The Labute approximate surface area is 177 Å². The second-order valence-corrected chi connectivity index (χ2v) is 7.53. The lowest BCUT2D eigenvalue weighted by atomic mass is 9.90. The van der Waals surface area contributed by atoms with Crippen LogP contribution in [0.15, 0.2) is 36.4 Å². The Hall–Kier alpha value is -3.02. The lowest BCUT2D eigenvalue weighted by Crippen LogP contribution is -2.35. The van der Waals surface area contributed by atoms with Gasteiger partial charge in [-0.25, -0.2) is 0 Å². The van der Waals surface area contributed by atoms with E-state index in [1.807, 2.05) is 12.1 Å². The van der Waals surface area contributed by atoms with Crippen LogP contribution in [0.25, 0.3) is 0 Å². The molecule has 1 aliphatic rings. The molecule has 0 heterocycles. The second-order valence-electron chi connectivity index (χ2n) is 7.53. The fraction of sp³-hybridized carbons (Fsp3) is 0.417. The van der Waals surface area contributed by atoms with Gasteiger partial charge in [-0.3, -0.25) is 9.59 Å². The van der Waals surface area contributed by atoms with Crippen LogP contribution in [-0.4, -0.2) is 32.2 Å². The largest absolute Gasteiger partial charge is 0.493 e. The maximum absolute atomic E-state index is 12.3. The third-order valence-corrected chi connectivity index (χ3v) is 5.35. The van der Waals surface area contributed by atoms with Crippen molar-refractivity contribution < 1.29 is 23.8 Å². The zero-order valence-electron chi connectivity index (χ0n) is 17.8. The van der Waals surface area contributed by atoms with Crippen molar-refractivity contribution in [1.82, 2.24) is 5.32 Å². The summed E-state index contributed by atoms with van der Waals surface area (Å²) in [7, 11) is 3.13. The molecule has 0 aromatic heterocycles. The van der Waals surface area contributed by atoms with Crippen molar-refractivity contribution in [1.29, 1.82) is 0 Å². The number of hydrogen-bond acceptors (Lipinski definition) is 5. The fourth-order valence-corrected chi connectivity index (χ4v) is 3.68.